The van der Waals surface area contributed by atoms with Gasteiger partial charge in [0.1, 0.15) is 0 Å². The van der Waals surface area contributed by atoms with Crippen LogP contribution in [-0.4, -0.2) is 11.5 Å². The third kappa shape index (κ3) is 3.28. The van der Waals surface area contributed by atoms with E-state index in [1.54, 1.807) is 11.3 Å². The number of hydrogen-bond donors (Lipinski definition) is 1. The lowest BCUT2D eigenvalue weighted by Crippen LogP contribution is -2.21. The Labute approximate surface area is 83.7 Å². The summed E-state index contributed by atoms with van der Waals surface area (Å²) >= 11 is 1.64. The molecule has 2 nitrogen and oxygen atoms in total. The van der Waals surface area contributed by atoms with Crippen molar-refractivity contribution in [3.05, 3.63) is 29.2 Å². The van der Waals surface area contributed by atoms with E-state index in [1.165, 1.54) is 0 Å². The predicted molar refractivity (Wildman–Crippen MR) is 58.0 cm³/mol. The van der Waals surface area contributed by atoms with Crippen molar-refractivity contribution in [1.82, 2.24) is 10.3 Å². The molecule has 0 saturated heterocycles. The van der Waals surface area contributed by atoms with Crippen LogP contribution in [0.1, 0.15) is 31.5 Å². The Bertz CT molecular complexity index is 231. The van der Waals surface area contributed by atoms with Crippen LogP contribution in [0.3, 0.4) is 0 Å². The van der Waals surface area contributed by atoms with Gasteiger partial charge in [0.05, 0.1) is 17.2 Å². The summed E-state index contributed by atoms with van der Waals surface area (Å²) in [6.45, 7) is 6.96. The van der Waals surface area contributed by atoms with Crippen molar-refractivity contribution in [1.29, 1.82) is 0 Å². The molecular weight excluding hydrogens is 180 g/mol. The molecule has 1 atom stereocenters. The highest BCUT2D eigenvalue weighted by molar-refractivity contribution is 7.07. The summed E-state index contributed by atoms with van der Waals surface area (Å²) in [6, 6.07) is 0.351. The molecular formula is C10H16N2S. The van der Waals surface area contributed by atoms with Crippen molar-refractivity contribution in [3.8, 4) is 0 Å². The van der Waals surface area contributed by atoms with Crippen LogP contribution < -0.4 is 5.32 Å². The Morgan fingerprint density at radius 3 is 3.15 bits per heavy atom. The first-order chi connectivity index (χ1) is 6.38. The van der Waals surface area contributed by atoms with Gasteiger partial charge in [-0.1, -0.05) is 13.0 Å². The van der Waals surface area contributed by atoms with Crippen LogP contribution in [0.4, 0.5) is 0 Å². The quantitative estimate of drug-likeness (QED) is 0.708. The standard InChI is InChI=1S/C10H16N2S/c1-3-5-9(11-6-4-2)10-7-13-8-12-10/h3,7-9,11H,1,4-6H2,2H3. The molecule has 13 heavy (non-hydrogen) atoms. The molecule has 0 saturated carbocycles. The Morgan fingerprint density at radius 1 is 1.77 bits per heavy atom. The van der Waals surface area contributed by atoms with Gasteiger partial charge in [-0.15, -0.1) is 17.9 Å². The fourth-order valence-electron chi connectivity index (χ4n) is 1.19. The average molecular weight is 196 g/mol. The van der Waals surface area contributed by atoms with Crippen molar-refractivity contribution in [2.24, 2.45) is 0 Å². The van der Waals surface area contributed by atoms with E-state index in [-0.39, 0.29) is 0 Å². The van der Waals surface area contributed by atoms with E-state index < -0.39 is 0 Å². The highest BCUT2D eigenvalue weighted by Gasteiger charge is 2.09. The minimum atomic E-state index is 0.351. The SMILES string of the molecule is C=CCC(NCCC)c1cscn1. The van der Waals surface area contributed by atoms with Crippen LogP contribution in [0.2, 0.25) is 0 Å². The molecule has 3 heteroatoms. The van der Waals surface area contributed by atoms with Gasteiger partial charge in [0.25, 0.3) is 0 Å². The minimum absolute atomic E-state index is 0.351. The zero-order valence-electron chi connectivity index (χ0n) is 7.99. The first-order valence-electron chi connectivity index (χ1n) is 4.60. The maximum atomic E-state index is 4.30. The molecule has 0 amide bonds. The molecule has 1 aromatic heterocycles. The van der Waals surface area contributed by atoms with Crippen molar-refractivity contribution in [3.63, 3.8) is 0 Å². The molecule has 0 aliphatic carbocycles. The molecule has 0 spiro atoms. The number of aromatic nitrogens is 1. The van der Waals surface area contributed by atoms with E-state index in [1.807, 2.05) is 11.6 Å². The Kier molecular flexibility index (Phi) is 4.72. The van der Waals surface area contributed by atoms with Crippen molar-refractivity contribution in [2.75, 3.05) is 6.54 Å². The average Bonchev–Trinajstić information content (AvgIpc) is 2.65. The van der Waals surface area contributed by atoms with E-state index in [2.05, 4.69) is 29.2 Å². The second-order valence-electron chi connectivity index (χ2n) is 2.94. The van der Waals surface area contributed by atoms with E-state index in [0.717, 1.165) is 25.1 Å². The van der Waals surface area contributed by atoms with Gasteiger partial charge in [0.15, 0.2) is 0 Å². The minimum Gasteiger partial charge on any atom is -0.308 e. The smallest absolute Gasteiger partial charge is 0.0795 e. The summed E-state index contributed by atoms with van der Waals surface area (Å²) in [5.74, 6) is 0. The van der Waals surface area contributed by atoms with Gasteiger partial charge in [-0.3, -0.25) is 0 Å². The topological polar surface area (TPSA) is 24.9 Å². The highest BCUT2D eigenvalue weighted by atomic mass is 32.1. The Hall–Kier alpha value is -0.670. The van der Waals surface area contributed by atoms with Crippen LogP contribution in [0, 0.1) is 0 Å². The fourth-order valence-corrected chi connectivity index (χ4v) is 1.80. The number of thiazole rings is 1. The van der Waals surface area contributed by atoms with Crippen molar-refractivity contribution in [2.45, 2.75) is 25.8 Å². The lowest BCUT2D eigenvalue weighted by atomic mass is 10.1. The molecule has 0 radical (unpaired) electrons. The second kappa shape index (κ2) is 5.89. The summed E-state index contributed by atoms with van der Waals surface area (Å²) in [7, 11) is 0. The van der Waals surface area contributed by atoms with Gasteiger partial charge in [0.2, 0.25) is 0 Å². The molecule has 1 rings (SSSR count). The molecule has 0 aliphatic heterocycles. The predicted octanol–water partition coefficient (Wildman–Crippen LogP) is 2.76. The van der Waals surface area contributed by atoms with Crippen LogP contribution in [0.25, 0.3) is 0 Å². The molecule has 1 heterocycles. The zero-order chi connectivity index (χ0) is 9.52. The second-order valence-corrected chi connectivity index (χ2v) is 3.66. The lowest BCUT2D eigenvalue weighted by molar-refractivity contribution is 0.528. The zero-order valence-corrected chi connectivity index (χ0v) is 8.81. The van der Waals surface area contributed by atoms with Crippen LogP contribution in [-0.2, 0) is 0 Å². The summed E-state index contributed by atoms with van der Waals surface area (Å²) in [5, 5.41) is 5.54. The van der Waals surface area contributed by atoms with E-state index in [4.69, 9.17) is 0 Å². The molecule has 1 aromatic rings. The molecule has 0 fully saturated rings. The molecule has 0 bridgehead atoms. The van der Waals surface area contributed by atoms with Gasteiger partial charge >= 0.3 is 0 Å². The van der Waals surface area contributed by atoms with Gasteiger partial charge < -0.3 is 5.32 Å². The first kappa shape index (κ1) is 10.4. The molecule has 72 valence electrons. The van der Waals surface area contributed by atoms with Crippen molar-refractivity contribution >= 4 is 11.3 Å². The summed E-state index contributed by atoms with van der Waals surface area (Å²) in [5.41, 5.74) is 3.01. The Balaban J connectivity index is 2.51. The van der Waals surface area contributed by atoms with E-state index >= 15 is 0 Å². The molecule has 0 aromatic carbocycles. The van der Waals surface area contributed by atoms with E-state index in [0.29, 0.717) is 6.04 Å². The molecule has 1 unspecified atom stereocenters. The van der Waals surface area contributed by atoms with Crippen LogP contribution in [0.15, 0.2) is 23.5 Å². The molecule has 1 N–H and O–H groups in total. The summed E-state index contributed by atoms with van der Waals surface area (Å²) < 4.78 is 0. The lowest BCUT2D eigenvalue weighted by Gasteiger charge is -2.13. The third-order valence-electron chi connectivity index (χ3n) is 1.85. The third-order valence-corrected chi connectivity index (χ3v) is 2.46. The largest absolute Gasteiger partial charge is 0.308 e. The fraction of sp³-hybridized carbons (Fsp3) is 0.500. The maximum absolute atomic E-state index is 4.30. The Morgan fingerprint density at radius 2 is 2.62 bits per heavy atom. The number of nitrogens with zero attached hydrogens (tertiary/aromatic N) is 1. The van der Waals surface area contributed by atoms with Crippen LogP contribution >= 0.6 is 11.3 Å². The van der Waals surface area contributed by atoms with Gasteiger partial charge in [0, 0.05) is 5.38 Å². The first-order valence-corrected chi connectivity index (χ1v) is 5.55. The number of nitrogens with one attached hydrogen (secondary N) is 1. The maximum Gasteiger partial charge on any atom is 0.0795 e. The number of hydrogen-bond acceptors (Lipinski definition) is 3. The van der Waals surface area contributed by atoms with Gasteiger partial charge in [-0.2, -0.15) is 0 Å². The summed E-state index contributed by atoms with van der Waals surface area (Å²) in [6.07, 6.45) is 4.04. The number of rotatable bonds is 6. The van der Waals surface area contributed by atoms with E-state index in [9.17, 15) is 0 Å². The van der Waals surface area contributed by atoms with Crippen LogP contribution in [0.5, 0.6) is 0 Å². The van der Waals surface area contributed by atoms with Crippen molar-refractivity contribution < 1.29 is 0 Å². The molecule has 0 aliphatic rings. The van der Waals surface area contributed by atoms with Gasteiger partial charge in [-0.25, -0.2) is 4.98 Å². The normalized spacial score (nSPS) is 12.7. The highest BCUT2D eigenvalue weighted by Crippen LogP contribution is 2.16. The summed E-state index contributed by atoms with van der Waals surface area (Å²) in [4.78, 5) is 4.30. The monoisotopic (exact) mass is 196 g/mol. The van der Waals surface area contributed by atoms with Gasteiger partial charge in [-0.05, 0) is 19.4 Å².